The first-order valence-corrected chi connectivity index (χ1v) is 8.80. The van der Waals surface area contributed by atoms with Crippen LogP contribution in [0.4, 0.5) is 5.13 Å². The summed E-state index contributed by atoms with van der Waals surface area (Å²) in [4.78, 5) is 32.2. The molecule has 0 unspecified atom stereocenters. The van der Waals surface area contributed by atoms with Crippen molar-refractivity contribution in [1.29, 1.82) is 0 Å². The number of aromatic nitrogens is 2. The van der Waals surface area contributed by atoms with Gasteiger partial charge in [-0.05, 0) is 12.1 Å². The number of thiazole rings is 1. The fourth-order valence-corrected chi connectivity index (χ4v) is 3.68. The van der Waals surface area contributed by atoms with Crippen LogP contribution in [0.3, 0.4) is 0 Å². The lowest BCUT2D eigenvalue weighted by molar-refractivity contribution is -0.125. The smallest absolute Gasteiger partial charge is 0.249 e. The van der Waals surface area contributed by atoms with Crippen molar-refractivity contribution in [3.8, 4) is 11.3 Å². The molecular weight excluding hydrogens is 320 g/mol. The number of hydrogen-bond acceptors (Lipinski definition) is 6. The molecule has 8 heteroatoms. The largest absolute Gasteiger partial charge is 0.343 e. The van der Waals surface area contributed by atoms with Gasteiger partial charge in [-0.2, -0.15) is 11.8 Å². The van der Waals surface area contributed by atoms with E-state index in [1.54, 1.807) is 24.2 Å². The van der Waals surface area contributed by atoms with Gasteiger partial charge in [-0.1, -0.05) is 0 Å². The Hall–Kier alpha value is -1.93. The molecule has 1 saturated heterocycles. The quantitative estimate of drug-likeness (QED) is 0.894. The highest BCUT2D eigenvalue weighted by Crippen LogP contribution is 2.24. The normalized spacial score (nSPS) is 18.4. The zero-order valence-electron chi connectivity index (χ0n) is 11.6. The Labute approximate surface area is 135 Å². The van der Waals surface area contributed by atoms with E-state index in [-0.39, 0.29) is 11.8 Å². The van der Waals surface area contributed by atoms with Crippen molar-refractivity contribution in [2.24, 2.45) is 0 Å². The molecule has 6 nitrogen and oxygen atoms in total. The summed E-state index contributed by atoms with van der Waals surface area (Å²) in [5, 5.41) is 7.89. The summed E-state index contributed by atoms with van der Waals surface area (Å²) in [6.45, 7) is 0. The van der Waals surface area contributed by atoms with Gasteiger partial charge in [-0.15, -0.1) is 11.3 Å². The van der Waals surface area contributed by atoms with Crippen LogP contribution in [0.2, 0.25) is 0 Å². The number of rotatable bonds is 3. The maximum Gasteiger partial charge on any atom is 0.249 e. The van der Waals surface area contributed by atoms with E-state index in [2.05, 4.69) is 20.6 Å². The van der Waals surface area contributed by atoms with Gasteiger partial charge in [0.25, 0.3) is 0 Å². The Morgan fingerprint density at radius 3 is 3.18 bits per heavy atom. The van der Waals surface area contributed by atoms with E-state index in [1.807, 2.05) is 17.5 Å². The van der Waals surface area contributed by atoms with Crippen LogP contribution >= 0.6 is 23.1 Å². The van der Waals surface area contributed by atoms with Gasteiger partial charge in [0.05, 0.1) is 5.69 Å². The van der Waals surface area contributed by atoms with Crippen LogP contribution in [-0.2, 0) is 9.59 Å². The third-order valence-electron chi connectivity index (χ3n) is 3.10. The van der Waals surface area contributed by atoms with Crippen molar-refractivity contribution in [2.75, 3.05) is 16.8 Å². The van der Waals surface area contributed by atoms with Gasteiger partial charge in [0.1, 0.15) is 6.04 Å². The first-order valence-electron chi connectivity index (χ1n) is 6.76. The molecule has 2 aromatic rings. The summed E-state index contributed by atoms with van der Waals surface area (Å²) in [6, 6.07) is 3.24. The van der Waals surface area contributed by atoms with E-state index < -0.39 is 6.04 Å². The molecular formula is C14H14N4O2S2. The van der Waals surface area contributed by atoms with E-state index in [0.29, 0.717) is 17.3 Å². The number of carbonyl (C=O) groups is 2. The highest BCUT2D eigenvalue weighted by atomic mass is 32.2. The van der Waals surface area contributed by atoms with Gasteiger partial charge in [0.15, 0.2) is 5.13 Å². The van der Waals surface area contributed by atoms with Gasteiger partial charge >= 0.3 is 0 Å². The molecule has 22 heavy (non-hydrogen) atoms. The Bertz CT molecular complexity index is 674. The third-order valence-corrected chi connectivity index (χ3v) is 4.92. The van der Waals surface area contributed by atoms with Crippen molar-refractivity contribution in [2.45, 2.75) is 12.5 Å². The molecule has 114 valence electrons. The molecule has 0 aromatic carbocycles. The second-order valence-corrected chi connectivity index (χ2v) is 6.72. The standard InChI is InChI=1S/C14H14N4O2S2/c19-12-3-5-21-7-11(16-12)13(20)18-14-17-10(8-22-14)9-2-1-4-15-6-9/h1-2,4,6,8,11H,3,5,7H2,(H,16,19)(H,17,18,20)/t11-/m1/s1. The molecule has 0 bridgehead atoms. The molecule has 2 aromatic heterocycles. The number of amides is 2. The van der Waals surface area contributed by atoms with Gasteiger partial charge in [-0.3, -0.25) is 14.6 Å². The van der Waals surface area contributed by atoms with Crippen LogP contribution < -0.4 is 10.6 Å². The number of hydrogen-bond donors (Lipinski definition) is 2. The Kier molecular flexibility index (Phi) is 4.69. The Morgan fingerprint density at radius 2 is 2.36 bits per heavy atom. The topological polar surface area (TPSA) is 84.0 Å². The first-order chi connectivity index (χ1) is 10.7. The molecule has 0 radical (unpaired) electrons. The third kappa shape index (κ3) is 3.63. The van der Waals surface area contributed by atoms with Crippen LogP contribution in [0.15, 0.2) is 29.9 Å². The van der Waals surface area contributed by atoms with Gasteiger partial charge < -0.3 is 10.6 Å². The average molecular weight is 334 g/mol. The van der Waals surface area contributed by atoms with Crippen LogP contribution in [0.25, 0.3) is 11.3 Å². The molecule has 1 aliphatic rings. The van der Waals surface area contributed by atoms with Crippen molar-refractivity contribution < 1.29 is 9.59 Å². The lowest BCUT2D eigenvalue weighted by atomic mass is 10.2. The zero-order chi connectivity index (χ0) is 15.4. The van der Waals surface area contributed by atoms with E-state index in [9.17, 15) is 9.59 Å². The molecule has 1 fully saturated rings. The van der Waals surface area contributed by atoms with Crippen LogP contribution in [0.1, 0.15) is 6.42 Å². The number of nitrogens with one attached hydrogen (secondary N) is 2. The SMILES string of the molecule is O=C1CCSC[C@H](C(=O)Nc2nc(-c3cccnc3)cs2)N1. The van der Waals surface area contributed by atoms with Crippen molar-refractivity contribution in [3.05, 3.63) is 29.9 Å². The monoisotopic (exact) mass is 334 g/mol. The van der Waals surface area contributed by atoms with Crippen LogP contribution in [0.5, 0.6) is 0 Å². The maximum absolute atomic E-state index is 12.2. The fourth-order valence-electron chi connectivity index (χ4n) is 1.99. The summed E-state index contributed by atoms with van der Waals surface area (Å²) >= 11 is 2.95. The molecule has 0 spiro atoms. The molecule has 1 aliphatic heterocycles. The molecule has 3 rings (SSSR count). The predicted molar refractivity (Wildman–Crippen MR) is 87.8 cm³/mol. The van der Waals surface area contributed by atoms with Crippen LogP contribution in [-0.4, -0.2) is 39.3 Å². The molecule has 0 saturated carbocycles. The van der Waals surface area contributed by atoms with Gasteiger partial charge in [0.2, 0.25) is 11.8 Å². The lowest BCUT2D eigenvalue weighted by Gasteiger charge is -2.13. The van der Waals surface area contributed by atoms with E-state index in [4.69, 9.17) is 0 Å². The zero-order valence-corrected chi connectivity index (χ0v) is 13.2. The van der Waals surface area contributed by atoms with Crippen molar-refractivity contribution in [1.82, 2.24) is 15.3 Å². The number of nitrogens with zero attached hydrogens (tertiary/aromatic N) is 2. The lowest BCUT2D eigenvalue weighted by Crippen LogP contribution is -2.44. The van der Waals surface area contributed by atoms with Crippen LogP contribution in [0, 0.1) is 0 Å². The summed E-state index contributed by atoms with van der Waals surface area (Å²) in [6.07, 6.45) is 3.88. The second-order valence-electron chi connectivity index (χ2n) is 4.71. The Morgan fingerprint density at radius 1 is 1.45 bits per heavy atom. The first kappa shape index (κ1) is 15.0. The second kappa shape index (κ2) is 6.89. The maximum atomic E-state index is 12.2. The van der Waals surface area contributed by atoms with Crippen molar-refractivity contribution >= 4 is 40.0 Å². The number of anilines is 1. The van der Waals surface area contributed by atoms with Gasteiger partial charge in [0, 0.05) is 41.3 Å². The average Bonchev–Trinajstić information content (AvgIpc) is 2.88. The van der Waals surface area contributed by atoms with E-state index >= 15 is 0 Å². The highest BCUT2D eigenvalue weighted by Gasteiger charge is 2.24. The summed E-state index contributed by atoms with van der Waals surface area (Å²) in [5.74, 6) is 1.02. The highest BCUT2D eigenvalue weighted by molar-refractivity contribution is 7.99. The number of thioether (sulfide) groups is 1. The molecule has 3 heterocycles. The van der Waals surface area contributed by atoms with E-state index in [0.717, 1.165) is 17.0 Å². The minimum absolute atomic E-state index is 0.0830. The number of pyridine rings is 1. The minimum atomic E-state index is -0.509. The predicted octanol–water partition coefficient (Wildman–Crippen LogP) is 1.77. The molecule has 0 aliphatic carbocycles. The minimum Gasteiger partial charge on any atom is -0.343 e. The summed E-state index contributed by atoms with van der Waals surface area (Å²) in [7, 11) is 0. The van der Waals surface area contributed by atoms with Gasteiger partial charge in [-0.25, -0.2) is 4.98 Å². The molecule has 2 amide bonds. The molecule has 2 N–H and O–H groups in total. The Balaban J connectivity index is 1.67. The number of carbonyl (C=O) groups excluding carboxylic acids is 2. The summed E-state index contributed by atoms with van der Waals surface area (Å²) in [5.41, 5.74) is 1.67. The van der Waals surface area contributed by atoms with Crippen molar-refractivity contribution in [3.63, 3.8) is 0 Å². The molecule has 1 atom stereocenters. The fraction of sp³-hybridized carbons (Fsp3) is 0.286. The van der Waals surface area contributed by atoms with E-state index in [1.165, 1.54) is 11.3 Å². The summed E-state index contributed by atoms with van der Waals surface area (Å²) < 4.78 is 0.